The van der Waals surface area contributed by atoms with Crippen molar-refractivity contribution in [1.29, 1.82) is 0 Å². The van der Waals surface area contributed by atoms with Crippen LogP contribution >= 0.6 is 0 Å². The van der Waals surface area contributed by atoms with E-state index in [2.05, 4.69) is 135 Å². The van der Waals surface area contributed by atoms with Crippen molar-refractivity contribution >= 4 is 60.3 Å². The molecule has 0 fully saturated rings. The third-order valence-electron chi connectivity index (χ3n) is 10.0. The molecule has 238 valence electrons. The molecule has 0 saturated carbocycles. The molecule has 7 heteroatoms. The van der Waals surface area contributed by atoms with E-state index < -0.39 is 0 Å². The van der Waals surface area contributed by atoms with Crippen molar-refractivity contribution in [3.05, 3.63) is 164 Å². The highest BCUT2D eigenvalue weighted by Gasteiger charge is 2.22. The van der Waals surface area contributed by atoms with Gasteiger partial charge in [-0.25, -0.2) is 4.98 Å². The minimum absolute atomic E-state index is 0.560. The molecular formula is C44H27N7. The van der Waals surface area contributed by atoms with E-state index in [9.17, 15) is 0 Å². The Morgan fingerprint density at radius 3 is 1.76 bits per heavy atom. The van der Waals surface area contributed by atoms with Crippen LogP contribution in [0.5, 0.6) is 0 Å². The van der Waals surface area contributed by atoms with Gasteiger partial charge in [-0.15, -0.1) is 5.10 Å². The van der Waals surface area contributed by atoms with Gasteiger partial charge in [0.25, 0.3) is 5.78 Å². The van der Waals surface area contributed by atoms with Gasteiger partial charge in [-0.1, -0.05) is 97.1 Å². The van der Waals surface area contributed by atoms with Crippen LogP contribution in [0.15, 0.2) is 164 Å². The topological polar surface area (TPSA) is 65.8 Å². The molecule has 11 rings (SSSR count). The van der Waals surface area contributed by atoms with Gasteiger partial charge in [-0.3, -0.25) is 4.98 Å². The molecule has 0 saturated heterocycles. The highest BCUT2D eigenvalue weighted by molar-refractivity contribution is 6.19. The van der Waals surface area contributed by atoms with Crippen molar-refractivity contribution in [2.75, 3.05) is 0 Å². The molecule has 0 spiro atoms. The fourth-order valence-electron chi connectivity index (χ4n) is 7.81. The molecule has 0 N–H and O–H groups in total. The predicted octanol–water partition coefficient (Wildman–Crippen LogP) is 10.2. The molecule has 0 aliphatic heterocycles. The minimum Gasteiger partial charge on any atom is -0.309 e. The number of pyridine rings is 1. The normalized spacial score (nSPS) is 11.9. The Hall–Kier alpha value is -7.12. The van der Waals surface area contributed by atoms with Crippen molar-refractivity contribution in [3.63, 3.8) is 0 Å². The third-order valence-corrected chi connectivity index (χ3v) is 10.0. The van der Waals surface area contributed by atoms with Gasteiger partial charge in [0.2, 0.25) is 0 Å². The van der Waals surface area contributed by atoms with Crippen molar-refractivity contribution in [2.24, 2.45) is 0 Å². The molecule has 0 aliphatic carbocycles. The Labute approximate surface area is 291 Å². The average Bonchev–Trinajstić information content (AvgIpc) is 3.87. The summed E-state index contributed by atoms with van der Waals surface area (Å²) in [6, 6.07) is 53.1. The number of benzene rings is 6. The summed E-state index contributed by atoms with van der Waals surface area (Å²) in [5, 5.41) is 10.9. The lowest BCUT2D eigenvalue weighted by Gasteiger charge is -2.12. The summed E-state index contributed by atoms with van der Waals surface area (Å²) in [6.07, 6.45) is 3.71. The van der Waals surface area contributed by atoms with E-state index in [1.165, 1.54) is 21.5 Å². The Kier molecular flexibility index (Phi) is 5.83. The second kappa shape index (κ2) is 10.7. The quantitative estimate of drug-likeness (QED) is 0.190. The van der Waals surface area contributed by atoms with Crippen molar-refractivity contribution < 1.29 is 0 Å². The fourth-order valence-corrected chi connectivity index (χ4v) is 7.81. The minimum atomic E-state index is 0.560. The number of nitrogens with zero attached hydrogens (tertiary/aromatic N) is 7. The van der Waals surface area contributed by atoms with E-state index in [0.717, 1.165) is 61.2 Å². The van der Waals surface area contributed by atoms with Crippen LogP contribution in [-0.2, 0) is 0 Å². The first kappa shape index (κ1) is 27.8. The van der Waals surface area contributed by atoms with Crippen LogP contribution in [-0.4, -0.2) is 33.7 Å². The van der Waals surface area contributed by atoms with Gasteiger partial charge in [0.1, 0.15) is 0 Å². The van der Waals surface area contributed by atoms with Crippen molar-refractivity contribution in [3.8, 4) is 34.0 Å². The molecule has 0 bridgehead atoms. The lowest BCUT2D eigenvalue weighted by molar-refractivity contribution is 0.987. The molecule has 0 amide bonds. The molecule has 0 radical (unpaired) electrons. The molecule has 11 aromatic rings. The van der Waals surface area contributed by atoms with Gasteiger partial charge in [0.15, 0.2) is 5.82 Å². The smallest absolute Gasteiger partial charge is 0.253 e. The molecule has 6 aromatic carbocycles. The van der Waals surface area contributed by atoms with Crippen LogP contribution in [0.4, 0.5) is 0 Å². The average molecular weight is 654 g/mol. The van der Waals surface area contributed by atoms with Crippen LogP contribution in [0, 0.1) is 0 Å². The van der Waals surface area contributed by atoms with E-state index in [1.807, 2.05) is 47.2 Å². The number of fused-ring (bicyclic) bond motifs is 9. The fraction of sp³-hybridized carbons (Fsp3) is 0. The van der Waals surface area contributed by atoms with Crippen LogP contribution in [0.1, 0.15) is 0 Å². The lowest BCUT2D eigenvalue weighted by Crippen LogP contribution is -1.98. The van der Waals surface area contributed by atoms with Gasteiger partial charge < -0.3 is 9.13 Å². The molecule has 7 nitrogen and oxygen atoms in total. The number of aromatic nitrogens is 7. The predicted molar refractivity (Wildman–Crippen MR) is 206 cm³/mol. The van der Waals surface area contributed by atoms with E-state index in [1.54, 1.807) is 0 Å². The highest BCUT2D eigenvalue weighted by Crippen LogP contribution is 2.41. The van der Waals surface area contributed by atoms with E-state index in [0.29, 0.717) is 11.6 Å². The molecule has 0 unspecified atom stereocenters. The van der Waals surface area contributed by atoms with E-state index in [-0.39, 0.29) is 0 Å². The van der Waals surface area contributed by atoms with Crippen LogP contribution in [0.2, 0.25) is 0 Å². The monoisotopic (exact) mass is 653 g/mol. The van der Waals surface area contributed by atoms with Gasteiger partial charge in [0.05, 0.1) is 39.0 Å². The Bertz CT molecular complexity index is 3140. The van der Waals surface area contributed by atoms with Gasteiger partial charge in [-0.05, 0) is 54.6 Å². The third kappa shape index (κ3) is 4.06. The Balaban J connectivity index is 1.19. The first-order chi connectivity index (χ1) is 25.3. The van der Waals surface area contributed by atoms with E-state index >= 15 is 0 Å². The van der Waals surface area contributed by atoms with Crippen molar-refractivity contribution in [1.82, 2.24) is 33.7 Å². The molecular weight excluding hydrogens is 627 g/mol. The van der Waals surface area contributed by atoms with Gasteiger partial charge in [0, 0.05) is 56.1 Å². The highest BCUT2D eigenvalue weighted by atomic mass is 15.3. The lowest BCUT2D eigenvalue weighted by atomic mass is 10.1. The maximum Gasteiger partial charge on any atom is 0.253 e. The standard InChI is InChI=1S/C44H27N7/c1-2-12-28(13-3-1)42-32-16-6-11-21-39(32)51-44(46-42)47-43(48-51)33-17-7-10-20-38(33)50-37-19-9-5-15-31(37)35-26-40-34(27-41(35)50)30-14-4-8-18-36(30)49(40)29-22-24-45-25-23-29/h1-27H. The van der Waals surface area contributed by atoms with Crippen molar-refractivity contribution in [2.45, 2.75) is 0 Å². The summed E-state index contributed by atoms with van der Waals surface area (Å²) in [5.41, 5.74) is 10.5. The number of hydrogen-bond donors (Lipinski definition) is 0. The maximum absolute atomic E-state index is 5.13. The Morgan fingerprint density at radius 2 is 1.02 bits per heavy atom. The van der Waals surface area contributed by atoms with Crippen LogP contribution in [0.25, 0.3) is 94.3 Å². The maximum atomic E-state index is 5.13. The van der Waals surface area contributed by atoms with Crippen LogP contribution in [0.3, 0.4) is 0 Å². The van der Waals surface area contributed by atoms with E-state index in [4.69, 9.17) is 15.1 Å². The number of rotatable bonds is 4. The Morgan fingerprint density at radius 1 is 0.431 bits per heavy atom. The first-order valence-electron chi connectivity index (χ1n) is 17.0. The molecule has 5 aromatic heterocycles. The first-order valence-corrected chi connectivity index (χ1v) is 17.0. The van der Waals surface area contributed by atoms with Gasteiger partial charge in [-0.2, -0.15) is 9.50 Å². The number of hydrogen-bond acceptors (Lipinski definition) is 4. The zero-order chi connectivity index (χ0) is 33.5. The summed E-state index contributed by atoms with van der Waals surface area (Å²) >= 11 is 0. The second-order valence-electron chi connectivity index (χ2n) is 12.8. The molecule has 0 atom stereocenters. The largest absolute Gasteiger partial charge is 0.309 e. The summed E-state index contributed by atoms with van der Waals surface area (Å²) in [7, 11) is 0. The molecule has 5 heterocycles. The summed E-state index contributed by atoms with van der Waals surface area (Å²) in [4.78, 5) is 14.5. The zero-order valence-corrected chi connectivity index (χ0v) is 27.2. The number of para-hydroxylation sites is 4. The van der Waals surface area contributed by atoms with Gasteiger partial charge >= 0.3 is 0 Å². The second-order valence-corrected chi connectivity index (χ2v) is 12.8. The summed E-state index contributed by atoms with van der Waals surface area (Å²) < 4.78 is 6.58. The SMILES string of the molecule is c1ccc(-c2nc3nc(-c4ccccc4-n4c5ccccc5c5cc6c(cc54)c4ccccc4n6-c4ccncc4)nn3c3ccccc23)cc1. The molecule has 0 aliphatic rings. The summed E-state index contributed by atoms with van der Waals surface area (Å²) in [6.45, 7) is 0. The zero-order valence-electron chi connectivity index (χ0n) is 27.2. The van der Waals surface area contributed by atoms with Crippen LogP contribution < -0.4 is 0 Å². The molecule has 51 heavy (non-hydrogen) atoms. The summed E-state index contributed by atoms with van der Waals surface area (Å²) in [5.74, 6) is 1.18.